The number of aromatic amines is 1. The maximum absolute atomic E-state index is 12.5. The van der Waals surface area contributed by atoms with Crippen LogP contribution in [0.2, 0.25) is 0 Å². The highest BCUT2D eigenvalue weighted by Crippen LogP contribution is 2.38. The average molecular weight is 268 g/mol. The molecule has 0 radical (unpaired) electrons. The Balaban J connectivity index is 1.68. The van der Waals surface area contributed by atoms with Crippen molar-refractivity contribution in [2.75, 3.05) is 6.54 Å². The standard InChI is InChI=1S/C17H20N2O/c20-17(12-8-9-12)19-10-4-3-7-16(19)15-11-13-5-1-2-6-14(13)18-15/h1-2,5-6,11-12,16,18H,3-4,7-10H2. The van der Waals surface area contributed by atoms with Gasteiger partial charge in [0.2, 0.25) is 5.91 Å². The number of hydrogen-bond acceptors (Lipinski definition) is 1. The highest BCUT2D eigenvalue weighted by atomic mass is 16.2. The third-order valence-corrected chi connectivity index (χ3v) is 4.62. The number of H-pyrrole nitrogens is 1. The molecule has 2 heterocycles. The molecule has 1 saturated heterocycles. The number of benzene rings is 1. The maximum atomic E-state index is 12.5. The molecule has 3 heteroatoms. The van der Waals surface area contributed by atoms with E-state index in [4.69, 9.17) is 0 Å². The lowest BCUT2D eigenvalue weighted by Gasteiger charge is -2.35. The number of fused-ring (bicyclic) bond motifs is 1. The summed E-state index contributed by atoms with van der Waals surface area (Å²) in [4.78, 5) is 18.1. The first-order valence-electron chi connectivity index (χ1n) is 7.71. The van der Waals surface area contributed by atoms with E-state index >= 15 is 0 Å². The number of para-hydroxylation sites is 1. The molecule has 2 aliphatic rings. The molecule has 104 valence electrons. The molecule has 1 amide bonds. The molecule has 1 unspecified atom stereocenters. The summed E-state index contributed by atoms with van der Waals surface area (Å²) < 4.78 is 0. The number of carbonyl (C=O) groups excluding carboxylic acids is 1. The highest BCUT2D eigenvalue weighted by Gasteiger charge is 2.38. The zero-order valence-electron chi connectivity index (χ0n) is 11.6. The summed E-state index contributed by atoms with van der Waals surface area (Å²) in [5, 5.41) is 1.24. The van der Waals surface area contributed by atoms with E-state index in [1.54, 1.807) is 0 Å². The molecule has 0 bridgehead atoms. The number of nitrogens with one attached hydrogen (secondary N) is 1. The molecule has 1 aromatic heterocycles. The molecule has 2 aromatic rings. The number of nitrogens with zero attached hydrogens (tertiary/aromatic N) is 1. The summed E-state index contributed by atoms with van der Waals surface area (Å²) >= 11 is 0. The van der Waals surface area contributed by atoms with E-state index < -0.39 is 0 Å². The molecule has 0 spiro atoms. The van der Waals surface area contributed by atoms with Crippen LogP contribution >= 0.6 is 0 Å². The van der Waals surface area contributed by atoms with Crippen LogP contribution < -0.4 is 0 Å². The van der Waals surface area contributed by atoms with E-state index in [0.717, 1.165) is 32.2 Å². The quantitative estimate of drug-likeness (QED) is 0.887. The number of carbonyl (C=O) groups is 1. The Morgan fingerprint density at radius 3 is 2.80 bits per heavy atom. The summed E-state index contributed by atoms with van der Waals surface area (Å²) in [6.07, 6.45) is 5.64. The summed E-state index contributed by atoms with van der Waals surface area (Å²) in [6.45, 7) is 0.926. The van der Waals surface area contributed by atoms with Crippen molar-refractivity contribution in [3.63, 3.8) is 0 Å². The first-order valence-corrected chi connectivity index (χ1v) is 7.71. The van der Waals surface area contributed by atoms with Crippen molar-refractivity contribution in [2.24, 2.45) is 5.92 Å². The van der Waals surface area contributed by atoms with Gasteiger partial charge in [-0.2, -0.15) is 0 Å². The lowest BCUT2D eigenvalue weighted by molar-refractivity contribution is -0.136. The Bertz CT molecular complexity index is 608. The largest absolute Gasteiger partial charge is 0.357 e. The van der Waals surface area contributed by atoms with Crippen molar-refractivity contribution in [1.82, 2.24) is 9.88 Å². The Morgan fingerprint density at radius 1 is 1.15 bits per heavy atom. The zero-order valence-corrected chi connectivity index (χ0v) is 11.6. The zero-order chi connectivity index (χ0) is 13.5. The van der Waals surface area contributed by atoms with E-state index in [-0.39, 0.29) is 6.04 Å². The lowest BCUT2D eigenvalue weighted by Crippen LogP contribution is -2.39. The summed E-state index contributed by atoms with van der Waals surface area (Å²) in [7, 11) is 0. The van der Waals surface area contributed by atoms with Crippen LogP contribution in [0, 0.1) is 5.92 Å². The fourth-order valence-electron chi connectivity index (χ4n) is 3.36. The van der Waals surface area contributed by atoms with Crippen molar-refractivity contribution >= 4 is 16.8 Å². The second-order valence-corrected chi connectivity index (χ2v) is 6.13. The number of likely N-dealkylation sites (tertiary alicyclic amines) is 1. The molecule has 4 rings (SSSR count). The first kappa shape index (κ1) is 12.0. The monoisotopic (exact) mass is 268 g/mol. The van der Waals surface area contributed by atoms with Gasteiger partial charge in [0, 0.05) is 23.7 Å². The van der Waals surface area contributed by atoms with Crippen molar-refractivity contribution < 1.29 is 4.79 Å². The van der Waals surface area contributed by atoms with Crippen molar-refractivity contribution in [1.29, 1.82) is 0 Å². The van der Waals surface area contributed by atoms with Crippen molar-refractivity contribution in [3.05, 3.63) is 36.0 Å². The molecule has 2 fully saturated rings. The van der Waals surface area contributed by atoms with Crippen LogP contribution in [0.1, 0.15) is 43.8 Å². The van der Waals surface area contributed by atoms with Crippen LogP contribution in [0.25, 0.3) is 10.9 Å². The number of amides is 1. The lowest BCUT2D eigenvalue weighted by atomic mass is 9.98. The molecule has 1 atom stereocenters. The van der Waals surface area contributed by atoms with Gasteiger partial charge in [0.05, 0.1) is 6.04 Å². The van der Waals surface area contributed by atoms with Gasteiger partial charge in [0.25, 0.3) is 0 Å². The van der Waals surface area contributed by atoms with Gasteiger partial charge in [-0.25, -0.2) is 0 Å². The minimum atomic E-state index is 0.254. The van der Waals surface area contributed by atoms with Gasteiger partial charge in [-0.1, -0.05) is 18.2 Å². The summed E-state index contributed by atoms with van der Waals surface area (Å²) in [5.74, 6) is 0.702. The second kappa shape index (κ2) is 4.65. The number of rotatable bonds is 2. The topological polar surface area (TPSA) is 36.1 Å². The fourth-order valence-corrected chi connectivity index (χ4v) is 3.36. The molecule has 1 aliphatic carbocycles. The molecular formula is C17H20N2O. The average Bonchev–Trinajstić information content (AvgIpc) is 3.25. The van der Waals surface area contributed by atoms with Crippen LogP contribution in [0.15, 0.2) is 30.3 Å². The smallest absolute Gasteiger partial charge is 0.226 e. The van der Waals surface area contributed by atoms with Gasteiger partial charge in [-0.15, -0.1) is 0 Å². The molecule has 1 saturated carbocycles. The molecule has 1 aromatic carbocycles. The van der Waals surface area contributed by atoms with E-state index in [2.05, 4.69) is 40.2 Å². The van der Waals surface area contributed by atoms with Crippen LogP contribution in [-0.4, -0.2) is 22.3 Å². The molecule has 3 nitrogen and oxygen atoms in total. The Labute approximate surface area is 119 Å². The molecule has 1 N–H and O–H groups in total. The predicted molar refractivity (Wildman–Crippen MR) is 79.3 cm³/mol. The molecule has 20 heavy (non-hydrogen) atoms. The highest BCUT2D eigenvalue weighted by molar-refractivity contribution is 5.83. The van der Waals surface area contributed by atoms with E-state index in [9.17, 15) is 4.79 Å². The van der Waals surface area contributed by atoms with Gasteiger partial charge in [0.1, 0.15) is 0 Å². The Kier molecular flexibility index (Phi) is 2.79. The van der Waals surface area contributed by atoms with Crippen LogP contribution in [-0.2, 0) is 4.79 Å². The number of aromatic nitrogens is 1. The van der Waals surface area contributed by atoms with Crippen LogP contribution in [0.3, 0.4) is 0 Å². The van der Waals surface area contributed by atoms with Gasteiger partial charge < -0.3 is 9.88 Å². The minimum absolute atomic E-state index is 0.254. The summed E-state index contributed by atoms with van der Waals surface area (Å²) in [5.41, 5.74) is 2.38. The number of hydrogen-bond donors (Lipinski definition) is 1. The van der Waals surface area contributed by atoms with Crippen molar-refractivity contribution in [3.8, 4) is 0 Å². The Morgan fingerprint density at radius 2 is 2.00 bits per heavy atom. The molecular weight excluding hydrogens is 248 g/mol. The molecule has 1 aliphatic heterocycles. The SMILES string of the molecule is O=C(C1CC1)N1CCCCC1c1cc2ccccc2[nH]1. The van der Waals surface area contributed by atoms with Gasteiger partial charge in [-0.05, 0) is 49.6 Å². The van der Waals surface area contributed by atoms with E-state index in [1.165, 1.54) is 23.0 Å². The fraction of sp³-hybridized carbons (Fsp3) is 0.471. The maximum Gasteiger partial charge on any atom is 0.226 e. The third-order valence-electron chi connectivity index (χ3n) is 4.62. The van der Waals surface area contributed by atoms with Crippen LogP contribution in [0.4, 0.5) is 0 Å². The Hall–Kier alpha value is -1.77. The number of piperidine rings is 1. The van der Waals surface area contributed by atoms with Crippen molar-refractivity contribution in [2.45, 2.75) is 38.1 Å². The van der Waals surface area contributed by atoms with E-state index in [1.807, 2.05) is 0 Å². The first-order chi connectivity index (χ1) is 9.83. The summed E-state index contributed by atoms with van der Waals surface area (Å²) in [6, 6.07) is 10.8. The third kappa shape index (κ3) is 2.01. The minimum Gasteiger partial charge on any atom is -0.357 e. The predicted octanol–water partition coefficient (Wildman–Crippen LogP) is 3.63. The normalized spacial score (nSPS) is 23.2. The van der Waals surface area contributed by atoms with Crippen LogP contribution in [0.5, 0.6) is 0 Å². The van der Waals surface area contributed by atoms with Gasteiger partial charge >= 0.3 is 0 Å². The van der Waals surface area contributed by atoms with Gasteiger partial charge in [-0.3, -0.25) is 4.79 Å². The van der Waals surface area contributed by atoms with E-state index in [0.29, 0.717) is 11.8 Å². The second-order valence-electron chi connectivity index (χ2n) is 6.13. The van der Waals surface area contributed by atoms with Gasteiger partial charge in [0.15, 0.2) is 0 Å².